The van der Waals surface area contributed by atoms with Crippen molar-refractivity contribution >= 4 is 17.5 Å². The summed E-state index contributed by atoms with van der Waals surface area (Å²) < 4.78 is 5.25. The highest BCUT2D eigenvalue weighted by atomic mass is 35.5. The Bertz CT molecular complexity index is 519. The van der Waals surface area contributed by atoms with Crippen molar-refractivity contribution in [2.75, 3.05) is 19.8 Å². The van der Waals surface area contributed by atoms with Crippen molar-refractivity contribution in [1.82, 2.24) is 5.32 Å². The summed E-state index contributed by atoms with van der Waals surface area (Å²) in [4.78, 5) is 12.5. The topological polar surface area (TPSA) is 58.6 Å². The average Bonchev–Trinajstić information content (AvgIpc) is 3.28. The van der Waals surface area contributed by atoms with Crippen molar-refractivity contribution in [3.63, 3.8) is 0 Å². The molecule has 1 aliphatic carbocycles. The third-order valence-corrected chi connectivity index (χ3v) is 4.83. The fourth-order valence-corrected chi connectivity index (χ4v) is 3.01. The molecule has 1 saturated carbocycles. The summed E-state index contributed by atoms with van der Waals surface area (Å²) in [7, 11) is 0. The van der Waals surface area contributed by atoms with E-state index < -0.39 is 11.0 Å². The highest BCUT2D eigenvalue weighted by Gasteiger charge is 2.51. The smallest absolute Gasteiger partial charge is 0.230 e. The van der Waals surface area contributed by atoms with Gasteiger partial charge in [-0.2, -0.15) is 0 Å². The second kappa shape index (κ2) is 5.59. The summed E-state index contributed by atoms with van der Waals surface area (Å²) in [6.45, 7) is 1.40. The minimum atomic E-state index is -0.829. The van der Waals surface area contributed by atoms with Gasteiger partial charge in [-0.05, 0) is 30.5 Å². The number of ether oxygens (including phenoxy) is 1. The molecule has 1 saturated heterocycles. The Hall–Kier alpha value is -1.10. The maximum Gasteiger partial charge on any atom is 0.230 e. The second-order valence-electron chi connectivity index (χ2n) is 6.11. The maximum absolute atomic E-state index is 12.5. The Kier molecular flexibility index (Phi) is 3.95. The molecular weight excluding hydrogens is 290 g/mol. The van der Waals surface area contributed by atoms with Gasteiger partial charge in [0.1, 0.15) is 0 Å². The number of aliphatic hydroxyl groups is 1. The largest absolute Gasteiger partial charge is 0.388 e. The van der Waals surface area contributed by atoms with E-state index in [4.69, 9.17) is 16.3 Å². The van der Waals surface area contributed by atoms with Crippen molar-refractivity contribution in [2.45, 2.75) is 36.7 Å². The molecule has 114 valence electrons. The van der Waals surface area contributed by atoms with Gasteiger partial charge in [0.05, 0.1) is 11.0 Å². The molecular formula is C16H20ClNO3. The molecule has 3 rings (SSSR count). The minimum absolute atomic E-state index is 0.00439. The molecule has 0 aromatic heterocycles. The highest BCUT2D eigenvalue weighted by molar-refractivity contribution is 6.30. The lowest BCUT2D eigenvalue weighted by molar-refractivity contribution is -0.126. The van der Waals surface area contributed by atoms with Crippen LogP contribution < -0.4 is 5.32 Å². The lowest BCUT2D eigenvalue weighted by Gasteiger charge is -2.32. The standard InChI is InChI=1S/C16H20ClNO3/c17-13-3-1-12(2-4-13)16(5-6-16)14(19)18-11-15(20)7-9-21-10-8-15/h1-4,20H,5-11H2,(H,18,19). The first-order chi connectivity index (χ1) is 10.0. The predicted molar refractivity (Wildman–Crippen MR) is 80.4 cm³/mol. The first-order valence-electron chi connectivity index (χ1n) is 7.39. The SMILES string of the molecule is O=C(NCC1(O)CCOCC1)C1(c2ccc(Cl)cc2)CC1. The van der Waals surface area contributed by atoms with Crippen molar-refractivity contribution in [3.05, 3.63) is 34.9 Å². The number of rotatable bonds is 4. The van der Waals surface area contributed by atoms with Crippen LogP contribution in [0.4, 0.5) is 0 Å². The van der Waals surface area contributed by atoms with Crippen LogP contribution in [-0.2, 0) is 14.9 Å². The van der Waals surface area contributed by atoms with E-state index in [0.717, 1.165) is 18.4 Å². The van der Waals surface area contributed by atoms with E-state index in [9.17, 15) is 9.90 Å². The van der Waals surface area contributed by atoms with Crippen molar-refractivity contribution in [2.24, 2.45) is 0 Å². The number of amides is 1. The quantitative estimate of drug-likeness (QED) is 0.895. The number of carbonyl (C=O) groups excluding carboxylic acids is 1. The molecule has 0 atom stereocenters. The Morgan fingerprint density at radius 1 is 1.19 bits per heavy atom. The van der Waals surface area contributed by atoms with Crippen LogP contribution >= 0.6 is 11.6 Å². The molecule has 2 aliphatic rings. The number of benzene rings is 1. The van der Waals surface area contributed by atoms with Crippen LogP contribution in [0, 0.1) is 0 Å². The lowest BCUT2D eigenvalue weighted by Crippen LogP contribution is -2.48. The molecule has 1 heterocycles. The Balaban J connectivity index is 1.63. The third-order valence-electron chi connectivity index (χ3n) is 4.58. The molecule has 0 bridgehead atoms. The van der Waals surface area contributed by atoms with Gasteiger partial charge in [0, 0.05) is 37.6 Å². The van der Waals surface area contributed by atoms with Gasteiger partial charge in [-0.3, -0.25) is 4.79 Å². The summed E-state index contributed by atoms with van der Waals surface area (Å²) in [5.74, 6) is 0.00439. The first kappa shape index (κ1) is 14.8. The van der Waals surface area contributed by atoms with Crippen LogP contribution in [0.5, 0.6) is 0 Å². The van der Waals surface area contributed by atoms with Gasteiger partial charge < -0.3 is 15.2 Å². The Morgan fingerprint density at radius 3 is 2.38 bits per heavy atom. The molecule has 2 fully saturated rings. The van der Waals surface area contributed by atoms with Gasteiger partial charge >= 0.3 is 0 Å². The summed E-state index contributed by atoms with van der Waals surface area (Å²) in [6, 6.07) is 7.46. The van der Waals surface area contributed by atoms with Crippen LogP contribution in [0.2, 0.25) is 5.02 Å². The predicted octanol–water partition coefficient (Wildman–Crippen LogP) is 2.03. The van der Waals surface area contributed by atoms with Crippen LogP contribution in [0.1, 0.15) is 31.2 Å². The normalized spacial score (nSPS) is 22.6. The fraction of sp³-hybridized carbons (Fsp3) is 0.562. The average molecular weight is 310 g/mol. The molecule has 0 spiro atoms. The van der Waals surface area contributed by atoms with Crippen LogP contribution in [-0.4, -0.2) is 36.4 Å². The molecule has 1 amide bonds. The molecule has 1 aromatic rings. The van der Waals surface area contributed by atoms with E-state index in [2.05, 4.69) is 5.32 Å². The van der Waals surface area contributed by atoms with E-state index in [1.165, 1.54) is 0 Å². The van der Waals surface area contributed by atoms with Gasteiger partial charge in [0.2, 0.25) is 5.91 Å². The van der Waals surface area contributed by atoms with Gasteiger partial charge in [-0.15, -0.1) is 0 Å². The number of halogens is 1. The number of carbonyl (C=O) groups is 1. The summed E-state index contributed by atoms with van der Waals surface area (Å²) >= 11 is 5.90. The highest BCUT2D eigenvalue weighted by Crippen LogP contribution is 2.48. The molecule has 1 aromatic carbocycles. The fourth-order valence-electron chi connectivity index (χ4n) is 2.88. The van der Waals surface area contributed by atoms with Gasteiger partial charge in [-0.1, -0.05) is 23.7 Å². The van der Waals surface area contributed by atoms with Crippen LogP contribution in [0.15, 0.2) is 24.3 Å². The molecule has 1 aliphatic heterocycles. The van der Waals surface area contributed by atoms with Gasteiger partial charge in [0.15, 0.2) is 0 Å². The van der Waals surface area contributed by atoms with Gasteiger partial charge in [-0.25, -0.2) is 0 Å². The van der Waals surface area contributed by atoms with Crippen molar-refractivity contribution in [1.29, 1.82) is 0 Å². The summed E-state index contributed by atoms with van der Waals surface area (Å²) in [5, 5.41) is 14.0. The summed E-state index contributed by atoms with van der Waals surface area (Å²) in [5.41, 5.74) is -0.251. The van der Waals surface area contributed by atoms with Crippen molar-refractivity contribution < 1.29 is 14.6 Å². The van der Waals surface area contributed by atoms with E-state index in [1.807, 2.05) is 24.3 Å². The van der Waals surface area contributed by atoms with E-state index in [-0.39, 0.29) is 5.91 Å². The molecule has 0 radical (unpaired) electrons. The van der Waals surface area contributed by atoms with E-state index in [0.29, 0.717) is 37.6 Å². The zero-order chi connectivity index (χ0) is 14.9. The van der Waals surface area contributed by atoms with Crippen LogP contribution in [0.3, 0.4) is 0 Å². The van der Waals surface area contributed by atoms with E-state index >= 15 is 0 Å². The zero-order valence-corrected chi connectivity index (χ0v) is 12.7. The Morgan fingerprint density at radius 2 is 1.81 bits per heavy atom. The number of nitrogens with one attached hydrogen (secondary N) is 1. The molecule has 21 heavy (non-hydrogen) atoms. The zero-order valence-electron chi connectivity index (χ0n) is 11.9. The minimum Gasteiger partial charge on any atom is -0.388 e. The van der Waals surface area contributed by atoms with Crippen molar-refractivity contribution in [3.8, 4) is 0 Å². The molecule has 0 unspecified atom stereocenters. The van der Waals surface area contributed by atoms with E-state index in [1.54, 1.807) is 0 Å². The first-order valence-corrected chi connectivity index (χ1v) is 7.76. The van der Waals surface area contributed by atoms with Gasteiger partial charge in [0.25, 0.3) is 0 Å². The maximum atomic E-state index is 12.5. The van der Waals surface area contributed by atoms with Crippen LogP contribution in [0.25, 0.3) is 0 Å². The molecule has 4 nitrogen and oxygen atoms in total. The number of hydrogen-bond donors (Lipinski definition) is 2. The molecule has 2 N–H and O–H groups in total. The monoisotopic (exact) mass is 309 g/mol. The second-order valence-corrected chi connectivity index (χ2v) is 6.54. The lowest BCUT2D eigenvalue weighted by atomic mass is 9.92. The third kappa shape index (κ3) is 3.07. The Labute approximate surface area is 129 Å². The molecule has 5 heteroatoms. The summed E-state index contributed by atoms with van der Waals surface area (Å²) in [6.07, 6.45) is 2.84. The number of hydrogen-bond acceptors (Lipinski definition) is 3.